The van der Waals surface area contributed by atoms with Gasteiger partial charge < -0.3 is 10.6 Å². The van der Waals surface area contributed by atoms with Crippen molar-refractivity contribution in [1.82, 2.24) is 19.9 Å². The van der Waals surface area contributed by atoms with Crippen molar-refractivity contribution in [1.29, 1.82) is 0 Å². The maximum atomic E-state index is 12.7. The summed E-state index contributed by atoms with van der Waals surface area (Å²) in [6.45, 7) is 6.76. The van der Waals surface area contributed by atoms with Gasteiger partial charge in [-0.05, 0) is 76.2 Å². The van der Waals surface area contributed by atoms with Crippen molar-refractivity contribution in [2.75, 3.05) is 20.1 Å². The van der Waals surface area contributed by atoms with E-state index >= 15 is 0 Å². The zero-order chi connectivity index (χ0) is 32.1. The fourth-order valence-electron chi connectivity index (χ4n) is 4.04. The molecule has 14 nitrogen and oxygen atoms in total. The summed E-state index contributed by atoms with van der Waals surface area (Å²) in [4.78, 5) is 41.1. The third-order valence-electron chi connectivity index (χ3n) is 5.89. The predicted molar refractivity (Wildman–Crippen MR) is 164 cm³/mol. The summed E-state index contributed by atoms with van der Waals surface area (Å²) in [6, 6.07) is 14.1. The minimum atomic E-state index is -3.92. The van der Waals surface area contributed by atoms with Gasteiger partial charge in [-0.1, -0.05) is 0 Å². The van der Waals surface area contributed by atoms with Crippen LogP contribution in [0.1, 0.15) is 35.9 Å². The maximum absolute atomic E-state index is 12.7. The van der Waals surface area contributed by atoms with Gasteiger partial charge in [-0.15, -0.1) is 0 Å². The lowest BCUT2D eigenvalue weighted by atomic mass is 10.2. The van der Waals surface area contributed by atoms with Gasteiger partial charge in [0.1, 0.15) is 23.3 Å². The van der Waals surface area contributed by atoms with Gasteiger partial charge >= 0.3 is 0 Å². The molecule has 0 saturated heterocycles. The number of nitrogens with one attached hydrogen (secondary N) is 4. The maximum Gasteiger partial charge on any atom is 0.263 e. The first-order valence-electron chi connectivity index (χ1n) is 13.2. The first kappa shape index (κ1) is 32.0. The second-order valence-electron chi connectivity index (χ2n) is 9.74. The number of anilines is 4. The summed E-state index contributed by atoms with van der Waals surface area (Å²) in [5.41, 5.74) is 1.92. The van der Waals surface area contributed by atoms with E-state index < -0.39 is 31.9 Å². The average Bonchev–Trinajstić information content (AvgIpc) is 2.91. The molecule has 4 rings (SSSR count). The Labute approximate surface area is 254 Å². The second kappa shape index (κ2) is 13.1. The average molecular weight is 639 g/mol. The molecule has 2 amide bonds. The number of amides is 2. The van der Waals surface area contributed by atoms with Gasteiger partial charge in [0.2, 0.25) is 11.8 Å². The number of aryl methyl sites for hydroxylation is 4. The Morgan fingerprint density at radius 1 is 0.568 bits per heavy atom. The van der Waals surface area contributed by atoms with Gasteiger partial charge in [0.25, 0.3) is 20.0 Å². The summed E-state index contributed by atoms with van der Waals surface area (Å²) >= 11 is 0. The molecule has 16 heteroatoms. The first-order valence-corrected chi connectivity index (χ1v) is 16.2. The third-order valence-corrected chi connectivity index (χ3v) is 8.63. The van der Waals surface area contributed by atoms with E-state index in [1.54, 1.807) is 27.7 Å². The van der Waals surface area contributed by atoms with Crippen molar-refractivity contribution in [3.05, 3.63) is 83.7 Å². The lowest BCUT2D eigenvalue weighted by molar-refractivity contribution is -0.121. The van der Waals surface area contributed by atoms with Crippen LogP contribution in [0.2, 0.25) is 0 Å². The van der Waals surface area contributed by atoms with Crippen LogP contribution in [0, 0.1) is 27.7 Å². The van der Waals surface area contributed by atoms with E-state index in [2.05, 4.69) is 40.0 Å². The van der Waals surface area contributed by atoms with Crippen molar-refractivity contribution < 1.29 is 26.4 Å². The monoisotopic (exact) mass is 638 g/mol. The largest absolute Gasteiger partial charge is 0.326 e. The molecule has 0 aliphatic heterocycles. The number of hydrogen-bond acceptors (Lipinski definition) is 10. The van der Waals surface area contributed by atoms with Crippen LogP contribution in [-0.2, 0) is 29.6 Å². The Morgan fingerprint density at radius 3 is 1.23 bits per heavy atom. The summed E-state index contributed by atoms with van der Waals surface area (Å²) in [5.74, 6) is 0.235. The van der Waals surface area contributed by atoms with Crippen molar-refractivity contribution in [3.8, 4) is 0 Å². The van der Waals surface area contributed by atoms with Crippen LogP contribution in [0.3, 0.4) is 0 Å². The lowest BCUT2D eigenvalue weighted by Crippen LogP contribution is -2.18. The van der Waals surface area contributed by atoms with Gasteiger partial charge in [0, 0.05) is 47.7 Å². The quantitative estimate of drug-likeness (QED) is 0.188. The smallest absolute Gasteiger partial charge is 0.263 e. The van der Waals surface area contributed by atoms with Crippen LogP contribution < -0.4 is 20.1 Å². The predicted octanol–water partition coefficient (Wildman–Crippen LogP) is 3.46. The fraction of sp³-hybridized carbons (Fsp3) is 0.214. The summed E-state index contributed by atoms with van der Waals surface area (Å²) in [7, 11) is -7.84. The first-order chi connectivity index (χ1) is 20.7. The number of benzene rings is 2. The van der Waals surface area contributed by atoms with Crippen LogP contribution in [0.25, 0.3) is 0 Å². The zero-order valence-corrected chi connectivity index (χ0v) is 25.9. The number of rotatable bonds is 11. The Bertz CT molecular complexity index is 1730. The molecule has 2 aromatic carbocycles. The van der Waals surface area contributed by atoms with Crippen LogP contribution in [0.15, 0.2) is 70.5 Å². The number of nitrogens with zero attached hydrogens (tertiary/aromatic N) is 4. The molecule has 0 atom stereocenters. The third kappa shape index (κ3) is 8.78. The highest BCUT2D eigenvalue weighted by Crippen LogP contribution is 2.20. The molecule has 4 N–H and O–H groups in total. The second-order valence-corrected chi connectivity index (χ2v) is 13.1. The molecule has 4 aromatic rings. The molecule has 0 aliphatic rings. The molecule has 230 valence electrons. The van der Waals surface area contributed by atoms with E-state index in [1.165, 1.54) is 60.7 Å². The molecule has 2 heterocycles. The Morgan fingerprint density at radius 2 is 0.909 bits per heavy atom. The molecule has 0 unspecified atom stereocenters. The van der Waals surface area contributed by atoms with Crippen LogP contribution in [0.5, 0.6) is 0 Å². The molecule has 0 bridgehead atoms. The Hall–Kier alpha value is -4.96. The number of hydrogen-bond donors (Lipinski definition) is 4. The molecule has 0 spiro atoms. The van der Waals surface area contributed by atoms with Crippen molar-refractivity contribution >= 4 is 54.9 Å². The highest BCUT2D eigenvalue weighted by molar-refractivity contribution is 7.93. The highest BCUT2D eigenvalue weighted by atomic mass is 32.2. The normalized spacial score (nSPS) is 11.5. The van der Waals surface area contributed by atoms with Crippen molar-refractivity contribution in [2.45, 2.75) is 50.3 Å². The fourth-order valence-corrected chi connectivity index (χ4v) is 6.02. The van der Waals surface area contributed by atoms with E-state index in [0.717, 1.165) is 0 Å². The van der Waals surface area contributed by atoms with E-state index in [-0.39, 0.29) is 34.3 Å². The van der Waals surface area contributed by atoms with E-state index in [1.807, 2.05) is 0 Å². The number of aromatic nitrogens is 4. The zero-order valence-electron chi connectivity index (χ0n) is 24.2. The molecule has 0 fully saturated rings. The standard InChI is InChI=1S/C28H30N8O6S2/c1-17-15-25(31-19(3)29-17)35-43(39,40)23-9-5-21(6-10-23)33-27(37)13-14-28(38)34-22-7-11-24(12-8-22)44(41,42)36-26-16-18(2)30-20(4)32-26/h5-12,15-16H,13-14H2,1-4H3,(H,33,37)(H,34,38)(H,29,31,35)(H,30,32,36). The van der Waals surface area contributed by atoms with Gasteiger partial charge in [-0.25, -0.2) is 36.8 Å². The van der Waals surface area contributed by atoms with Gasteiger partial charge in [-0.2, -0.15) is 0 Å². The summed E-state index contributed by atoms with van der Waals surface area (Å²) in [5, 5.41) is 5.24. The van der Waals surface area contributed by atoms with Crippen LogP contribution in [-0.4, -0.2) is 48.6 Å². The van der Waals surface area contributed by atoms with Crippen molar-refractivity contribution in [2.24, 2.45) is 0 Å². The SMILES string of the molecule is Cc1cc(NS(=O)(=O)c2ccc(NC(=O)CCC(=O)Nc3ccc(S(=O)(=O)Nc4cc(C)nc(C)n4)cc3)cc2)nc(C)n1. The van der Waals surface area contributed by atoms with E-state index in [0.29, 0.717) is 34.4 Å². The molecule has 0 saturated carbocycles. The van der Waals surface area contributed by atoms with Crippen molar-refractivity contribution in [3.63, 3.8) is 0 Å². The van der Waals surface area contributed by atoms with Gasteiger partial charge in [0.15, 0.2) is 0 Å². The molecule has 0 aliphatic carbocycles. The number of carbonyl (C=O) groups is 2. The van der Waals surface area contributed by atoms with E-state index in [9.17, 15) is 26.4 Å². The minimum Gasteiger partial charge on any atom is -0.326 e. The molecular formula is C28H30N8O6S2. The summed E-state index contributed by atoms with van der Waals surface area (Å²) < 4.78 is 55.6. The topological polar surface area (TPSA) is 202 Å². The summed E-state index contributed by atoms with van der Waals surface area (Å²) in [6.07, 6.45) is -0.290. The number of carbonyl (C=O) groups excluding carboxylic acids is 2. The highest BCUT2D eigenvalue weighted by Gasteiger charge is 2.17. The molecule has 2 aromatic heterocycles. The lowest BCUT2D eigenvalue weighted by Gasteiger charge is -2.10. The minimum absolute atomic E-state index is 0.0300. The van der Waals surface area contributed by atoms with E-state index in [4.69, 9.17) is 0 Å². The van der Waals surface area contributed by atoms with Gasteiger partial charge in [-0.3, -0.25) is 19.0 Å². The molecule has 44 heavy (non-hydrogen) atoms. The Kier molecular flexibility index (Phi) is 9.54. The molecule has 0 radical (unpaired) electrons. The van der Waals surface area contributed by atoms with Gasteiger partial charge in [0.05, 0.1) is 9.79 Å². The molecular weight excluding hydrogens is 608 g/mol. The van der Waals surface area contributed by atoms with Crippen LogP contribution in [0.4, 0.5) is 23.0 Å². The van der Waals surface area contributed by atoms with Crippen LogP contribution >= 0.6 is 0 Å². The Balaban J connectivity index is 1.26. The number of sulfonamides is 2.